The van der Waals surface area contributed by atoms with Gasteiger partial charge in [-0.05, 0) is 61.1 Å². The van der Waals surface area contributed by atoms with Crippen LogP contribution in [0.5, 0.6) is 0 Å². The van der Waals surface area contributed by atoms with Crippen LogP contribution in [0.2, 0.25) is 0 Å². The summed E-state index contributed by atoms with van der Waals surface area (Å²) in [6, 6.07) is 14.2. The van der Waals surface area contributed by atoms with E-state index >= 15 is 0 Å². The second kappa shape index (κ2) is 7.29. The van der Waals surface area contributed by atoms with Crippen LogP contribution in [0, 0.1) is 18.7 Å². The quantitative estimate of drug-likeness (QED) is 0.577. The van der Waals surface area contributed by atoms with E-state index in [9.17, 15) is 4.39 Å². The van der Waals surface area contributed by atoms with Gasteiger partial charge in [0, 0.05) is 5.56 Å². The smallest absolute Gasteiger partial charge is 0.133 e. The van der Waals surface area contributed by atoms with E-state index in [1.165, 1.54) is 44.1 Å². The number of aryl methyl sites for hydroxylation is 1. The van der Waals surface area contributed by atoms with Gasteiger partial charge >= 0.3 is 0 Å². The van der Waals surface area contributed by atoms with Crippen molar-refractivity contribution in [2.24, 2.45) is 5.92 Å². The Morgan fingerprint density at radius 2 is 1.65 bits per heavy atom. The van der Waals surface area contributed by atoms with E-state index in [1.807, 2.05) is 25.1 Å². The van der Waals surface area contributed by atoms with Crippen LogP contribution in [0.4, 0.5) is 4.39 Å². The van der Waals surface area contributed by atoms with E-state index in [-0.39, 0.29) is 5.82 Å². The largest absolute Gasteiger partial charge is 0.206 e. The molecule has 1 saturated carbocycles. The van der Waals surface area contributed by atoms with Crippen LogP contribution in [0.15, 0.2) is 42.5 Å². The molecule has 0 aliphatic heterocycles. The maximum atomic E-state index is 14.3. The van der Waals surface area contributed by atoms with Gasteiger partial charge in [0.15, 0.2) is 0 Å². The molecule has 0 saturated heterocycles. The molecule has 0 nitrogen and oxygen atoms in total. The fraction of sp³-hybridized carbons (Fsp3) is 0.455. The van der Waals surface area contributed by atoms with Gasteiger partial charge in [0.1, 0.15) is 5.82 Å². The van der Waals surface area contributed by atoms with Crippen LogP contribution >= 0.6 is 0 Å². The monoisotopic (exact) mass is 310 g/mol. The predicted octanol–water partition coefficient (Wildman–Crippen LogP) is 6.88. The van der Waals surface area contributed by atoms with Gasteiger partial charge in [0.25, 0.3) is 0 Å². The van der Waals surface area contributed by atoms with Crippen molar-refractivity contribution in [1.82, 2.24) is 0 Å². The summed E-state index contributed by atoms with van der Waals surface area (Å²) in [6.45, 7) is 4.11. The van der Waals surface area contributed by atoms with E-state index in [4.69, 9.17) is 0 Å². The van der Waals surface area contributed by atoms with E-state index < -0.39 is 0 Å². The summed E-state index contributed by atoms with van der Waals surface area (Å²) in [5.41, 5.74) is 3.83. The highest BCUT2D eigenvalue weighted by molar-refractivity contribution is 5.65. The van der Waals surface area contributed by atoms with Gasteiger partial charge in [-0.3, -0.25) is 0 Å². The van der Waals surface area contributed by atoms with Crippen LogP contribution in [0.25, 0.3) is 11.1 Å². The van der Waals surface area contributed by atoms with E-state index in [1.54, 1.807) is 0 Å². The minimum absolute atomic E-state index is 0.0969. The van der Waals surface area contributed by atoms with Crippen LogP contribution in [-0.2, 0) is 0 Å². The molecule has 0 radical (unpaired) electrons. The molecule has 0 heterocycles. The molecule has 1 fully saturated rings. The Hall–Kier alpha value is -1.63. The Morgan fingerprint density at radius 3 is 2.30 bits per heavy atom. The number of benzene rings is 2. The minimum atomic E-state index is -0.0969. The molecule has 1 aliphatic carbocycles. The third-order valence-electron chi connectivity index (χ3n) is 5.43. The summed E-state index contributed by atoms with van der Waals surface area (Å²) >= 11 is 0. The second-order valence-corrected chi connectivity index (χ2v) is 7.06. The zero-order valence-corrected chi connectivity index (χ0v) is 14.3. The maximum Gasteiger partial charge on any atom is 0.133 e. The lowest BCUT2D eigenvalue weighted by atomic mass is 9.77. The molecule has 0 spiro atoms. The molecular formula is C22H27F. The molecule has 2 aromatic carbocycles. The van der Waals surface area contributed by atoms with Gasteiger partial charge < -0.3 is 0 Å². The first-order chi connectivity index (χ1) is 11.2. The van der Waals surface area contributed by atoms with Gasteiger partial charge in [-0.1, -0.05) is 62.2 Å². The summed E-state index contributed by atoms with van der Waals surface area (Å²) in [7, 11) is 0. The van der Waals surface area contributed by atoms with Crippen molar-refractivity contribution >= 4 is 0 Å². The molecule has 0 bridgehead atoms. The van der Waals surface area contributed by atoms with Crippen LogP contribution in [-0.4, -0.2) is 0 Å². The normalized spacial score (nSPS) is 21.3. The maximum absolute atomic E-state index is 14.3. The molecule has 1 heteroatoms. The molecule has 0 N–H and O–H groups in total. The van der Waals surface area contributed by atoms with Crippen molar-refractivity contribution in [3.63, 3.8) is 0 Å². The van der Waals surface area contributed by atoms with E-state index in [2.05, 4.69) is 31.2 Å². The highest BCUT2D eigenvalue weighted by atomic mass is 19.1. The molecule has 1 aliphatic rings. The average molecular weight is 310 g/mol. The van der Waals surface area contributed by atoms with Crippen molar-refractivity contribution in [2.45, 2.75) is 58.3 Å². The SMILES string of the molecule is CCCC1CCC(c2ccc(-c3cccc(C)c3F)cc2)CC1. The zero-order chi connectivity index (χ0) is 16.2. The molecular weight excluding hydrogens is 283 g/mol. The zero-order valence-electron chi connectivity index (χ0n) is 14.3. The predicted molar refractivity (Wildman–Crippen MR) is 96.2 cm³/mol. The Balaban J connectivity index is 1.72. The molecule has 122 valence electrons. The Morgan fingerprint density at radius 1 is 0.957 bits per heavy atom. The van der Waals surface area contributed by atoms with Gasteiger partial charge in [-0.15, -0.1) is 0 Å². The van der Waals surface area contributed by atoms with Crippen molar-refractivity contribution in [3.8, 4) is 11.1 Å². The Kier molecular flexibility index (Phi) is 5.15. The summed E-state index contributed by atoms with van der Waals surface area (Å²) in [5, 5.41) is 0. The molecule has 2 aromatic rings. The summed E-state index contributed by atoms with van der Waals surface area (Å²) < 4.78 is 14.3. The second-order valence-electron chi connectivity index (χ2n) is 7.06. The van der Waals surface area contributed by atoms with Gasteiger partial charge in [-0.25, -0.2) is 4.39 Å². The average Bonchev–Trinajstić information content (AvgIpc) is 2.59. The third kappa shape index (κ3) is 3.65. The van der Waals surface area contributed by atoms with Crippen molar-refractivity contribution < 1.29 is 4.39 Å². The fourth-order valence-corrected chi connectivity index (χ4v) is 4.00. The first-order valence-corrected chi connectivity index (χ1v) is 9.04. The Labute approximate surface area is 139 Å². The topological polar surface area (TPSA) is 0 Å². The van der Waals surface area contributed by atoms with Crippen molar-refractivity contribution in [1.29, 1.82) is 0 Å². The van der Waals surface area contributed by atoms with Crippen molar-refractivity contribution in [2.75, 3.05) is 0 Å². The van der Waals surface area contributed by atoms with Crippen LogP contribution < -0.4 is 0 Å². The number of rotatable bonds is 4. The highest BCUT2D eigenvalue weighted by Gasteiger charge is 2.21. The van der Waals surface area contributed by atoms with E-state index in [0.717, 1.165) is 11.5 Å². The van der Waals surface area contributed by atoms with E-state index in [0.29, 0.717) is 17.0 Å². The highest BCUT2D eigenvalue weighted by Crippen LogP contribution is 2.38. The number of halogens is 1. The van der Waals surface area contributed by atoms with Crippen LogP contribution in [0.1, 0.15) is 62.5 Å². The summed E-state index contributed by atoms with van der Waals surface area (Å²) in [4.78, 5) is 0. The lowest BCUT2D eigenvalue weighted by molar-refractivity contribution is 0.308. The molecule has 0 amide bonds. The minimum Gasteiger partial charge on any atom is -0.206 e. The Bertz CT molecular complexity index is 634. The lowest BCUT2D eigenvalue weighted by Gasteiger charge is -2.28. The summed E-state index contributed by atoms with van der Waals surface area (Å²) in [5.74, 6) is 1.54. The molecule has 0 unspecified atom stereocenters. The standard InChI is InChI=1S/C22H27F/c1-3-5-17-8-10-18(11-9-17)19-12-14-20(15-13-19)21-7-4-6-16(2)22(21)23/h4,6-7,12-15,17-18H,3,5,8-11H2,1-2H3. The van der Waals surface area contributed by atoms with Gasteiger partial charge in [-0.2, -0.15) is 0 Å². The van der Waals surface area contributed by atoms with Gasteiger partial charge in [0.05, 0.1) is 0 Å². The number of hydrogen-bond acceptors (Lipinski definition) is 0. The molecule has 23 heavy (non-hydrogen) atoms. The van der Waals surface area contributed by atoms with Gasteiger partial charge in [0.2, 0.25) is 0 Å². The third-order valence-corrected chi connectivity index (χ3v) is 5.43. The fourth-order valence-electron chi connectivity index (χ4n) is 4.00. The number of hydrogen-bond donors (Lipinski definition) is 0. The van der Waals surface area contributed by atoms with Crippen LogP contribution in [0.3, 0.4) is 0 Å². The first kappa shape index (κ1) is 16.2. The molecule has 0 atom stereocenters. The molecule has 3 rings (SSSR count). The summed E-state index contributed by atoms with van der Waals surface area (Å²) in [6.07, 6.45) is 8.05. The molecule has 0 aromatic heterocycles. The lowest BCUT2D eigenvalue weighted by Crippen LogP contribution is -2.13. The first-order valence-electron chi connectivity index (χ1n) is 9.04. The van der Waals surface area contributed by atoms with Crippen molar-refractivity contribution in [3.05, 3.63) is 59.4 Å².